The Labute approximate surface area is 106 Å². The molecule has 1 aromatic heterocycles. The lowest BCUT2D eigenvalue weighted by atomic mass is 9.97. The summed E-state index contributed by atoms with van der Waals surface area (Å²) in [6, 6.07) is 0. The standard InChI is InChI=1S/C14H19NOS/c1-7-15-10(6-17-7)5-11(16)14-12-8-2-3-9(4-8)13(12)14/h6,8-9,11-14,16H,2-5H2,1H3. The van der Waals surface area contributed by atoms with Crippen molar-refractivity contribution in [2.45, 2.75) is 38.7 Å². The fourth-order valence-electron chi connectivity index (χ4n) is 4.76. The summed E-state index contributed by atoms with van der Waals surface area (Å²) in [6.07, 6.45) is 4.99. The Balaban J connectivity index is 1.44. The number of aliphatic hydroxyl groups excluding tert-OH is 1. The number of rotatable bonds is 3. The summed E-state index contributed by atoms with van der Waals surface area (Å²) in [5, 5.41) is 13.6. The van der Waals surface area contributed by atoms with Gasteiger partial charge in [0.05, 0.1) is 16.8 Å². The highest BCUT2D eigenvalue weighted by atomic mass is 32.1. The van der Waals surface area contributed by atoms with Gasteiger partial charge in [0, 0.05) is 11.8 Å². The van der Waals surface area contributed by atoms with Crippen molar-refractivity contribution in [3.63, 3.8) is 0 Å². The average molecular weight is 249 g/mol. The fourth-order valence-corrected chi connectivity index (χ4v) is 5.38. The Morgan fingerprint density at radius 2 is 2.12 bits per heavy atom. The number of aryl methyl sites for hydroxylation is 1. The van der Waals surface area contributed by atoms with Gasteiger partial charge in [-0.25, -0.2) is 4.98 Å². The molecule has 0 amide bonds. The highest BCUT2D eigenvalue weighted by molar-refractivity contribution is 7.09. The lowest BCUT2D eigenvalue weighted by Gasteiger charge is -2.14. The zero-order valence-corrected chi connectivity index (χ0v) is 11.0. The quantitative estimate of drug-likeness (QED) is 0.893. The molecule has 3 aliphatic rings. The van der Waals surface area contributed by atoms with E-state index in [1.54, 1.807) is 11.3 Å². The zero-order chi connectivity index (χ0) is 11.6. The van der Waals surface area contributed by atoms with Crippen molar-refractivity contribution in [3.05, 3.63) is 16.1 Å². The van der Waals surface area contributed by atoms with Crippen LogP contribution in [0.2, 0.25) is 0 Å². The number of thiazole rings is 1. The van der Waals surface area contributed by atoms with Crippen LogP contribution < -0.4 is 0 Å². The molecule has 3 aliphatic carbocycles. The SMILES string of the molecule is Cc1nc(CC(O)C2C3C4CCC(C4)C23)cs1. The highest BCUT2D eigenvalue weighted by Gasteiger charge is 2.66. The van der Waals surface area contributed by atoms with Crippen LogP contribution in [0.25, 0.3) is 0 Å². The van der Waals surface area contributed by atoms with E-state index in [0.29, 0.717) is 5.92 Å². The molecule has 1 aromatic rings. The molecule has 5 unspecified atom stereocenters. The van der Waals surface area contributed by atoms with E-state index in [-0.39, 0.29) is 6.10 Å². The van der Waals surface area contributed by atoms with Crippen LogP contribution in [0.15, 0.2) is 5.38 Å². The monoisotopic (exact) mass is 249 g/mol. The topological polar surface area (TPSA) is 33.1 Å². The van der Waals surface area contributed by atoms with Crippen molar-refractivity contribution >= 4 is 11.3 Å². The van der Waals surface area contributed by atoms with Crippen LogP contribution in [0.3, 0.4) is 0 Å². The van der Waals surface area contributed by atoms with E-state index >= 15 is 0 Å². The Morgan fingerprint density at radius 3 is 2.71 bits per heavy atom. The summed E-state index contributed by atoms with van der Waals surface area (Å²) in [6.45, 7) is 2.03. The van der Waals surface area contributed by atoms with E-state index in [0.717, 1.165) is 40.8 Å². The first-order valence-electron chi connectivity index (χ1n) is 6.83. The van der Waals surface area contributed by atoms with Crippen LogP contribution in [-0.4, -0.2) is 16.2 Å². The molecule has 2 bridgehead atoms. The molecule has 1 N–H and O–H groups in total. The third-order valence-electron chi connectivity index (χ3n) is 5.32. The normalized spacial score (nSPS) is 43.8. The van der Waals surface area contributed by atoms with Crippen LogP contribution >= 0.6 is 11.3 Å². The predicted molar refractivity (Wildman–Crippen MR) is 67.9 cm³/mol. The first-order chi connectivity index (χ1) is 8.24. The van der Waals surface area contributed by atoms with Crippen LogP contribution in [0, 0.1) is 36.5 Å². The second-order valence-corrected chi connectivity index (χ2v) is 7.26. The van der Waals surface area contributed by atoms with Gasteiger partial charge >= 0.3 is 0 Å². The summed E-state index contributed by atoms with van der Waals surface area (Å²) < 4.78 is 0. The third-order valence-corrected chi connectivity index (χ3v) is 6.15. The van der Waals surface area contributed by atoms with E-state index in [1.807, 2.05) is 6.92 Å². The molecule has 0 radical (unpaired) electrons. The molecule has 0 spiro atoms. The molecule has 4 rings (SSSR count). The molecule has 92 valence electrons. The lowest BCUT2D eigenvalue weighted by Crippen LogP contribution is -2.18. The largest absolute Gasteiger partial charge is 0.392 e. The van der Waals surface area contributed by atoms with Gasteiger partial charge in [0.1, 0.15) is 0 Å². The maximum absolute atomic E-state index is 10.4. The molecule has 2 nitrogen and oxygen atoms in total. The number of nitrogens with zero attached hydrogens (tertiary/aromatic N) is 1. The predicted octanol–water partition coefficient (Wildman–Crippen LogP) is 2.65. The van der Waals surface area contributed by atoms with E-state index in [4.69, 9.17) is 0 Å². The molecule has 3 fully saturated rings. The summed E-state index contributed by atoms with van der Waals surface area (Å²) in [5.74, 6) is 4.29. The van der Waals surface area contributed by atoms with Gasteiger partial charge in [-0.3, -0.25) is 0 Å². The highest BCUT2D eigenvalue weighted by Crippen LogP contribution is 2.70. The van der Waals surface area contributed by atoms with Crippen molar-refractivity contribution in [3.8, 4) is 0 Å². The molecule has 0 aromatic carbocycles. The van der Waals surface area contributed by atoms with Crippen molar-refractivity contribution in [1.82, 2.24) is 4.98 Å². The first-order valence-corrected chi connectivity index (χ1v) is 7.71. The summed E-state index contributed by atoms with van der Waals surface area (Å²) in [7, 11) is 0. The van der Waals surface area contributed by atoms with Gasteiger partial charge in [-0.05, 0) is 55.8 Å². The Morgan fingerprint density at radius 1 is 1.41 bits per heavy atom. The Bertz CT molecular complexity index is 427. The molecule has 0 saturated heterocycles. The van der Waals surface area contributed by atoms with Crippen molar-refractivity contribution < 1.29 is 5.11 Å². The minimum absolute atomic E-state index is 0.130. The van der Waals surface area contributed by atoms with Crippen LogP contribution in [0.1, 0.15) is 30.0 Å². The van der Waals surface area contributed by atoms with Gasteiger partial charge < -0.3 is 5.11 Å². The lowest BCUT2D eigenvalue weighted by molar-refractivity contribution is 0.128. The molecular weight excluding hydrogens is 230 g/mol. The van der Waals surface area contributed by atoms with E-state index < -0.39 is 0 Å². The Kier molecular flexibility index (Phi) is 2.19. The minimum atomic E-state index is -0.130. The van der Waals surface area contributed by atoms with Crippen LogP contribution in [0.5, 0.6) is 0 Å². The summed E-state index contributed by atoms with van der Waals surface area (Å²) in [5.41, 5.74) is 1.09. The fraction of sp³-hybridized carbons (Fsp3) is 0.786. The smallest absolute Gasteiger partial charge is 0.0897 e. The van der Waals surface area contributed by atoms with Crippen LogP contribution in [-0.2, 0) is 6.42 Å². The number of aromatic nitrogens is 1. The maximum atomic E-state index is 10.4. The van der Waals surface area contributed by atoms with Crippen molar-refractivity contribution in [2.75, 3.05) is 0 Å². The number of hydrogen-bond donors (Lipinski definition) is 1. The molecular formula is C14H19NOS. The number of hydrogen-bond acceptors (Lipinski definition) is 3. The third kappa shape index (κ3) is 1.52. The first kappa shape index (κ1) is 10.5. The van der Waals surface area contributed by atoms with Gasteiger partial charge in [-0.2, -0.15) is 0 Å². The van der Waals surface area contributed by atoms with E-state index in [1.165, 1.54) is 19.3 Å². The van der Waals surface area contributed by atoms with Gasteiger partial charge in [0.25, 0.3) is 0 Å². The van der Waals surface area contributed by atoms with Crippen molar-refractivity contribution in [2.24, 2.45) is 29.6 Å². The molecule has 1 heterocycles. The molecule has 3 saturated carbocycles. The van der Waals surface area contributed by atoms with Gasteiger partial charge in [0.2, 0.25) is 0 Å². The molecule has 3 heteroatoms. The second kappa shape index (κ2) is 3.55. The molecule has 17 heavy (non-hydrogen) atoms. The molecule has 5 atom stereocenters. The zero-order valence-electron chi connectivity index (χ0n) is 10.2. The van der Waals surface area contributed by atoms with E-state index in [9.17, 15) is 5.11 Å². The van der Waals surface area contributed by atoms with Crippen molar-refractivity contribution in [1.29, 1.82) is 0 Å². The minimum Gasteiger partial charge on any atom is -0.392 e. The summed E-state index contributed by atoms with van der Waals surface area (Å²) in [4.78, 5) is 4.47. The summed E-state index contributed by atoms with van der Waals surface area (Å²) >= 11 is 1.69. The maximum Gasteiger partial charge on any atom is 0.0897 e. The Hall–Kier alpha value is -0.410. The van der Waals surface area contributed by atoms with E-state index in [2.05, 4.69) is 10.4 Å². The number of aliphatic hydroxyl groups is 1. The second-order valence-electron chi connectivity index (χ2n) is 6.19. The van der Waals surface area contributed by atoms with Gasteiger partial charge in [0.15, 0.2) is 0 Å². The molecule has 0 aliphatic heterocycles. The van der Waals surface area contributed by atoms with Crippen LogP contribution in [0.4, 0.5) is 0 Å². The average Bonchev–Trinajstić information content (AvgIpc) is 2.65. The number of fused-ring (bicyclic) bond motifs is 5. The van der Waals surface area contributed by atoms with Gasteiger partial charge in [-0.15, -0.1) is 11.3 Å². The van der Waals surface area contributed by atoms with Gasteiger partial charge in [-0.1, -0.05) is 0 Å².